The van der Waals surface area contributed by atoms with Crippen molar-refractivity contribution in [1.82, 2.24) is 4.90 Å². The Balaban J connectivity index is 1.93. The summed E-state index contributed by atoms with van der Waals surface area (Å²) in [5, 5.41) is 11.7. The van der Waals surface area contributed by atoms with Gasteiger partial charge in [-0.1, -0.05) is 6.07 Å². The molecule has 1 heterocycles. The lowest BCUT2D eigenvalue weighted by atomic mass is 9.95. The highest BCUT2D eigenvalue weighted by Crippen LogP contribution is 2.21. The van der Waals surface area contributed by atoms with Crippen molar-refractivity contribution in [2.75, 3.05) is 18.4 Å². The Hall–Kier alpha value is -1.31. The maximum absolute atomic E-state index is 12.2. The van der Waals surface area contributed by atoms with Crippen molar-refractivity contribution in [3.05, 3.63) is 27.8 Å². The largest absolute Gasteiger partial charge is 0.481 e. The molecule has 2 N–H and O–H groups in total. The molecule has 1 unspecified atom stereocenters. The zero-order valence-corrected chi connectivity index (χ0v) is 13.2. The number of benzene rings is 1. The molecule has 1 aliphatic rings. The molecule has 6 heteroatoms. The third-order valence-corrected chi connectivity index (χ3v) is 4.02. The highest BCUT2D eigenvalue weighted by Gasteiger charge is 2.25. The van der Waals surface area contributed by atoms with E-state index in [1.54, 1.807) is 4.90 Å². The number of carboxylic acids is 1. The van der Waals surface area contributed by atoms with Gasteiger partial charge in [-0.05, 0) is 59.5 Å². The van der Waals surface area contributed by atoms with E-state index < -0.39 is 5.97 Å². The molecule has 2 rings (SSSR count). The molecule has 0 spiro atoms. The fraction of sp³-hybridized carbons (Fsp3) is 0.429. The van der Waals surface area contributed by atoms with Gasteiger partial charge in [0.15, 0.2) is 0 Å². The van der Waals surface area contributed by atoms with Crippen LogP contribution in [0.3, 0.4) is 0 Å². The molecule has 1 aliphatic heterocycles. The molecule has 1 aromatic rings. The standard InChI is InChI=1S/C14H17IN2O3/c15-11-4-1-5-12(8-11)16-14(20)17-6-2-3-10(9-17)7-13(18)19/h1,4-5,8,10H,2-3,6-7,9H2,(H,16,20)(H,18,19). The number of piperidine rings is 1. The minimum Gasteiger partial charge on any atom is -0.481 e. The molecule has 1 fully saturated rings. The lowest BCUT2D eigenvalue weighted by Gasteiger charge is -2.32. The summed E-state index contributed by atoms with van der Waals surface area (Å²) in [6.07, 6.45) is 1.87. The van der Waals surface area contributed by atoms with Crippen molar-refractivity contribution in [2.45, 2.75) is 19.3 Å². The minimum atomic E-state index is -0.796. The fourth-order valence-electron chi connectivity index (χ4n) is 2.43. The number of hydrogen-bond acceptors (Lipinski definition) is 2. The van der Waals surface area contributed by atoms with Gasteiger partial charge in [-0.25, -0.2) is 4.79 Å². The van der Waals surface area contributed by atoms with Gasteiger partial charge in [0.1, 0.15) is 0 Å². The number of nitrogens with zero attached hydrogens (tertiary/aromatic N) is 1. The Morgan fingerprint density at radius 3 is 2.95 bits per heavy atom. The van der Waals surface area contributed by atoms with Gasteiger partial charge in [0.25, 0.3) is 0 Å². The van der Waals surface area contributed by atoms with Crippen LogP contribution < -0.4 is 5.32 Å². The smallest absolute Gasteiger partial charge is 0.321 e. The van der Waals surface area contributed by atoms with E-state index in [1.165, 1.54) is 0 Å². The monoisotopic (exact) mass is 388 g/mol. The van der Waals surface area contributed by atoms with Crippen molar-refractivity contribution in [1.29, 1.82) is 0 Å². The van der Waals surface area contributed by atoms with Crippen LogP contribution in [0, 0.1) is 9.49 Å². The number of carboxylic acid groups (broad SMARTS) is 1. The van der Waals surface area contributed by atoms with Crippen molar-refractivity contribution in [2.24, 2.45) is 5.92 Å². The number of rotatable bonds is 3. The lowest BCUT2D eigenvalue weighted by molar-refractivity contribution is -0.138. The predicted molar refractivity (Wildman–Crippen MR) is 84.7 cm³/mol. The van der Waals surface area contributed by atoms with Crippen LogP contribution in [0.15, 0.2) is 24.3 Å². The quantitative estimate of drug-likeness (QED) is 0.783. The molecule has 0 aromatic heterocycles. The van der Waals surface area contributed by atoms with Gasteiger partial charge in [0, 0.05) is 28.8 Å². The van der Waals surface area contributed by atoms with Gasteiger partial charge in [0.2, 0.25) is 0 Å². The first-order valence-corrected chi connectivity index (χ1v) is 7.66. The summed E-state index contributed by atoms with van der Waals surface area (Å²) in [4.78, 5) is 24.6. The second-order valence-corrected chi connectivity index (χ2v) is 6.24. The second kappa shape index (κ2) is 6.92. The van der Waals surface area contributed by atoms with Crippen molar-refractivity contribution < 1.29 is 14.7 Å². The first kappa shape index (κ1) is 15.1. The van der Waals surface area contributed by atoms with Crippen molar-refractivity contribution >= 4 is 40.3 Å². The fourth-order valence-corrected chi connectivity index (χ4v) is 2.97. The average molecular weight is 388 g/mol. The Morgan fingerprint density at radius 1 is 1.45 bits per heavy atom. The van der Waals surface area contributed by atoms with Crippen molar-refractivity contribution in [3.8, 4) is 0 Å². The van der Waals surface area contributed by atoms with Crippen LogP contribution in [-0.4, -0.2) is 35.1 Å². The molecule has 0 bridgehead atoms. The van der Waals surface area contributed by atoms with Crippen LogP contribution in [-0.2, 0) is 4.79 Å². The third kappa shape index (κ3) is 4.36. The number of hydrogen-bond donors (Lipinski definition) is 2. The number of aliphatic carboxylic acids is 1. The molecule has 1 atom stereocenters. The van der Waals surface area contributed by atoms with Gasteiger partial charge >= 0.3 is 12.0 Å². The number of carbonyl (C=O) groups excluding carboxylic acids is 1. The second-order valence-electron chi connectivity index (χ2n) is 4.99. The number of likely N-dealkylation sites (tertiary alicyclic amines) is 1. The number of anilines is 1. The Morgan fingerprint density at radius 2 is 2.25 bits per heavy atom. The number of nitrogens with one attached hydrogen (secondary N) is 1. The van der Waals surface area contributed by atoms with Gasteiger partial charge < -0.3 is 15.3 Å². The summed E-state index contributed by atoms with van der Waals surface area (Å²) in [5.41, 5.74) is 0.766. The van der Waals surface area contributed by atoms with Gasteiger partial charge in [-0.15, -0.1) is 0 Å². The van der Waals surface area contributed by atoms with E-state index in [0.717, 1.165) is 22.1 Å². The predicted octanol–water partition coefficient (Wildman–Crippen LogP) is 3.01. The molecule has 5 nitrogen and oxygen atoms in total. The van der Waals surface area contributed by atoms with Gasteiger partial charge in [-0.2, -0.15) is 0 Å². The molecule has 108 valence electrons. The SMILES string of the molecule is O=C(O)CC1CCCN(C(=O)Nc2cccc(I)c2)C1. The number of urea groups is 1. The third-order valence-electron chi connectivity index (χ3n) is 3.35. The number of halogens is 1. The first-order valence-electron chi connectivity index (χ1n) is 6.58. The molecule has 0 saturated carbocycles. The van der Waals surface area contributed by atoms with Crippen LogP contribution in [0.25, 0.3) is 0 Å². The zero-order valence-electron chi connectivity index (χ0n) is 11.0. The molecule has 0 aliphatic carbocycles. The minimum absolute atomic E-state index is 0.0582. The van der Waals surface area contributed by atoms with E-state index in [4.69, 9.17) is 5.11 Å². The number of carbonyl (C=O) groups is 2. The summed E-state index contributed by atoms with van der Waals surface area (Å²) in [6.45, 7) is 1.20. The van der Waals surface area contributed by atoms with E-state index >= 15 is 0 Å². The Labute approximate surface area is 131 Å². The molecule has 1 saturated heterocycles. The van der Waals surface area contributed by atoms with E-state index in [9.17, 15) is 9.59 Å². The molecule has 0 radical (unpaired) electrons. The van der Waals surface area contributed by atoms with E-state index in [2.05, 4.69) is 27.9 Å². The number of amides is 2. The van der Waals surface area contributed by atoms with E-state index in [-0.39, 0.29) is 18.4 Å². The normalized spacial score (nSPS) is 18.6. The van der Waals surface area contributed by atoms with Crippen LogP contribution in [0.2, 0.25) is 0 Å². The van der Waals surface area contributed by atoms with Crippen LogP contribution in [0.4, 0.5) is 10.5 Å². The topological polar surface area (TPSA) is 69.6 Å². The highest BCUT2D eigenvalue weighted by molar-refractivity contribution is 14.1. The van der Waals surface area contributed by atoms with Crippen LogP contribution in [0.5, 0.6) is 0 Å². The summed E-state index contributed by atoms with van der Waals surface area (Å²) in [6, 6.07) is 7.44. The van der Waals surface area contributed by atoms with Gasteiger partial charge in [0.05, 0.1) is 0 Å². The molecule has 2 amide bonds. The van der Waals surface area contributed by atoms with Crippen LogP contribution >= 0.6 is 22.6 Å². The molecule has 20 heavy (non-hydrogen) atoms. The Bertz CT molecular complexity index is 507. The van der Waals surface area contributed by atoms with E-state index in [0.29, 0.717) is 13.1 Å². The average Bonchev–Trinajstić information content (AvgIpc) is 2.38. The zero-order chi connectivity index (χ0) is 14.5. The summed E-state index contributed by atoms with van der Waals surface area (Å²) in [7, 11) is 0. The maximum atomic E-state index is 12.2. The Kier molecular flexibility index (Phi) is 5.22. The van der Waals surface area contributed by atoms with Gasteiger partial charge in [-0.3, -0.25) is 4.79 Å². The summed E-state index contributed by atoms with van der Waals surface area (Å²) < 4.78 is 1.06. The molecular formula is C14H17IN2O3. The van der Waals surface area contributed by atoms with E-state index in [1.807, 2.05) is 24.3 Å². The lowest BCUT2D eigenvalue weighted by Crippen LogP contribution is -2.42. The molecule has 1 aromatic carbocycles. The van der Waals surface area contributed by atoms with Crippen LogP contribution in [0.1, 0.15) is 19.3 Å². The maximum Gasteiger partial charge on any atom is 0.321 e. The first-order chi connectivity index (χ1) is 9.54. The van der Waals surface area contributed by atoms with Crippen molar-refractivity contribution in [3.63, 3.8) is 0 Å². The highest BCUT2D eigenvalue weighted by atomic mass is 127. The summed E-state index contributed by atoms with van der Waals surface area (Å²) >= 11 is 2.19. The molecular weight excluding hydrogens is 371 g/mol. The summed E-state index contributed by atoms with van der Waals surface area (Å²) in [5.74, 6) is -0.738.